The number of benzene rings is 1. The van der Waals surface area contributed by atoms with E-state index in [2.05, 4.69) is 0 Å². The number of sulfone groups is 1. The largest absolute Gasteiger partial charge is 0.378 e. The van der Waals surface area contributed by atoms with Crippen LogP contribution in [0.5, 0.6) is 0 Å². The molecule has 0 unspecified atom stereocenters. The second kappa shape index (κ2) is 6.46. The fourth-order valence-corrected chi connectivity index (χ4v) is 5.84. The third-order valence-electron chi connectivity index (χ3n) is 4.41. The summed E-state index contributed by atoms with van der Waals surface area (Å²) in [6.45, 7) is 1.47. The van der Waals surface area contributed by atoms with Crippen molar-refractivity contribution in [3.63, 3.8) is 0 Å². The number of ketones is 2. The molecule has 2 heterocycles. The molecule has 26 heavy (non-hydrogen) atoms. The van der Waals surface area contributed by atoms with Gasteiger partial charge in [0.1, 0.15) is 14.8 Å². The van der Waals surface area contributed by atoms with Crippen LogP contribution >= 0.6 is 11.3 Å². The zero-order valence-corrected chi connectivity index (χ0v) is 15.3. The quantitative estimate of drug-likeness (QED) is 0.800. The normalized spacial score (nSPS) is 18.2. The van der Waals surface area contributed by atoms with Crippen LogP contribution < -0.4 is 0 Å². The number of morpholine rings is 1. The Balaban J connectivity index is 1.98. The molecule has 0 N–H and O–H groups in total. The summed E-state index contributed by atoms with van der Waals surface area (Å²) in [5.74, 6) is -1.06. The van der Waals surface area contributed by atoms with Gasteiger partial charge in [0, 0.05) is 24.2 Å². The van der Waals surface area contributed by atoms with Crippen molar-refractivity contribution in [2.75, 3.05) is 26.3 Å². The summed E-state index contributed by atoms with van der Waals surface area (Å²) in [5.41, 5.74) is 0.333. The lowest BCUT2D eigenvalue weighted by Crippen LogP contribution is -2.42. The van der Waals surface area contributed by atoms with Gasteiger partial charge in [0.25, 0.3) is 0 Å². The molecule has 0 spiro atoms. The number of hydrogen-bond acceptors (Lipinski definition) is 7. The first-order valence-electron chi connectivity index (χ1n) is 8.06. The van der Waals surface area contributed by atoms with Crippen molar-refractivity contribution in [3.05, 3.63) is 63.5 Å². The molecule has 8 heteroatoms. The monoisotopic (exact) mass is 389 g/mol. The average molecular weight is 389 g/mol. The zero-order chi connectivity index (χ0) is 18.3. The van der Waals surface area contributed by atoms with Crippen molar-refractivity contribution in [1.29, 1.82) is 0 Å². The number of allylic oxidation sites excluding steroid dienone is 2. The maximum absolute atomic E-state index is 13.2. The van der Waals surface area contributed by atoms with E-state index in [1.54, 1.807) is 34.5 Å². The molecule has 1 aliphatic carbocycles. The summed E-state index contributed by atoms with van der Waals surface area (Å²) in [6, 6.07) is 9.40. The van der Waals surface area contributed by atoms with Gasteiger partial charge in [0.15, 0.2) is 0 Å². The van der Waals surface area contributed by atoms with Crippen LogP contribution in [0.2, 0.25) is 0 Å². The van der Waals surface area contributed by atoms with Gasteiger partial charge in [-0.25, -0.2) is 8.42 Å². The van der Waals surface area contributed by atoms with Crippen molar-refractivity contribution in [1.82, 2.24) is 4.90 Å². The van der Waals surface area contributed by atoms with Crippen LogP contribution in [0.1, 0.15) is 20.7 Å². The standard InChI is InChI=1S/C18H15NO5S2/c20-16-12-4-1-2-5-13(12)17(21)18(15(16)19-7-9-24-10-8-19)26(22,23)14-6-3-11-25-14/h1-6,11H,7-10H2. The molecule has 0 radical (unpaired) electrons. The maximum atomic E-state index is 13.2. The highest BCUT2D eigenvalue weighted by Crippen LogP contribution is 2.35. The van der Waals surface area contributed by atoms with Crippen LogP contribution in [-0.4, -0.2) is 51.2 Å². The second-order valence-electron chi connectivity index (χ2n) is 5.92. The molecule has 0 saturated carbocycles. The van der Waals surface area contributed by atoms with E-state index < -0.39 is 26.3 Å². The number of ether oxygens (including phenoxy) is 1. The summed E-state index contributed by atoms with van der Waals surface area (Å²) in [5, 5.41) is 1.63. The Labute approximate surface area is 154 Å². The Morgan fingerprint density at radius 1 is 0.923 bits per heavy atom. The van der Waals surface area contributed by atoms with Crippen LogP contribution in [-0.2, 0) is 14.6 Å². The lowest BCUT2D eigenvalue weighted by atomic mass is 9.91. The predicted octanol–water partition coefficient (Wildman–Crippen LogP) is 2.14. The molecule has 134 valence electrons. The highest BCUT2D eigenvalue weighted by Gasteiger charge is 2.42. The molecule has 1 aromatic heterocycles. The topological polar surface area (TPSA) is 80.8 Å². The van der Waals surface area contributed by atoms with Crippen molar-refractivity contribution < 1.29 is 22.7 Å². The average Bonchev–Trinajstić information content (AvgIpc) is 3.21. The van der Waals surface area contributed by atoms with Gasteiger partial charge in [0.2, 0.25) is 21.4 Å². The summed E-state index contributed by atoms with van der Waals surface area (Å²) < 4.78 is 31.7. The molecule has 2 aliphatic rings. The minimum atomic E-state index is -4.10. The van der Waals surface area contributed by atoms with E-state index in [9.17, 15) is 18.0 Å². The number of carbonyl (C=O) groups excluding carboxylic acids is 2. The van der Waals surface area contributed by atoms with Crippen molar-refractivity contribution >= 4 is 32.7 Å². The minimum absolute atomic E-state index is 0.0367. The number of hydrogen-bond donors (Lipinski definition) is 0. The van der Waals surface area contributed by atoms with Gasteiger partial charge in [-0.2, -0.15) is 0 Å². The summed E-state index contributed by atoms with van der Waals surface area (Å²) >= 11 is 1.03. The highest BCUT2D eigenvalue weighted by molar-refractivity contribution is 7.98. The number of carbonyl (C=O) groups is 2. The number of rotatable bonds is 3. The SMILES string of the molecule is O=C1C(N2CCOCC2)=C(S(=O)(=O)c2cccs2)C(=O)c2ccccc21. The molecule has 0 atom stereocenters. The minimum Gasteiger partial charge on any atom is -0.378 e. The van der Waals surface area contributed by atoms with E-state index >= 15 is 0 Å². The lowest BCUT2D eigenvalue weighted by molar-refractivity contribution is 0.0499. The summed E-state index contributed by atoms with van der Waals surface area (Å²) in [6.07, 6.45) is 0. The molecule has 1 saturated heterocycles. The predicted molar refractivity (Wildman–Crippen MR) is 96.0 cm³/mol. The Bertz CT molecular complexity index is 1020. The number of Topliss-reactive ketones (excluding diaryl/α,β-unsaturated/α-hetero) is 2. The molecule has 6 nitrogen and oxygen atoms in total. The van der Waals surface area contributed by atoms with E-state index in [1.165, 1.54) is 12.1 Å². The van der Waals surface area contributed by atoms with Crippen molar-refractivity contribution in [2.45, 2.75) is 4.21 Å². The van der Waals surface area contributed by atoms with Gasteiger partial charge < -0.3 is 9.64 Å². The Morgan fingerprint density at radius 3 is 2.19 bits per heavy atom. The molecule has 0 amide bonds. The fourth-order valence-electron chi connectivity index (χ4n) is 3.18. The number of fused-ring (bicyclic) bond motifs is 1. The van der Waals surface area contributed by atoms with Crippen LogP contribution in [0.3, 0.4) is 0 Å². The van der Waals surface area contributed by atoms with E-state index in [0.717, 1.165) is 11.3 Å². The third kappa shape index (κ3) is 2.61. The molecule has 1 fully saturated rings. The molecular formula is C18H15NO5S2. The van der Waals surface area contributed by atoms with E-state index in [0.29, 0.717) is 26.3 Å². The Kier molecular flexibility index (Phi) is 4.26. The van der Waals surface area contributed by atoms with Gasteiger partial charge in [-0.05, 0) is 11.4 Å². The first kappa shape index (κ1) is 17.1. The first-order chi connectivity index (χ1) is 12.5. The van der Waals surface area contributed by atoms with E-state index in [-0.39, 0.29) is 21.0 Å². The first-order valence-corrected chi connectivity index (χ1v) is 10.4. The highest BCUT2D eigenvalue weighted by atomic mass is 32.2. The van der Waals surface area contributed by atoms with Crippen LogP contribution in [0.25, 0.3) is 0 Å². The second-order valence-corrected chi connectivity index (χ2v) is 8.98. The zero-order valence-electron chi connectivity index (χ0n) is 13.7. The van der Waals surface area contributed by atoms with Gasteiger partial charge in [-0.1, -0.05) is 30.3 Å². The Morgan fingerprint density at radius 2 is 1.58 bits per heavy atom. The fraction of sp³-hybridized carbons (Fsp3) is 0.222. The van der Waals surface area contributed by atoms with Gasteiger partial charge in [0.05, 0.1) is 13.2 Å². The number of thiophene rings is 1. The summed E-state index contributed by atoms with van der Waals surface area (Å²) in [4.78, 5) is 27.5. The van der Waals surface area contributed by atoms with Crippen LogP contribution in [0.4, 0.5) is 0 Å². The smallest absolute Gasteiger partial charge is 0.222 e. The molecule has 1 aliphatic heterocycles. The maximum Gasteiger partial charge on any atom is 0.222 e. The van der Waals surface area contributed by atoms with Crippen LogP contribution in [0, 0.1) is 0 Å². The van der Waals surface area contributed by atoms with Gasteiger partial charge in [-0.3, -0.25) is 9.59 Å². The lowest BCUT2D eigenvalue weighted by Gasteiger charge is -2.33. The number of nitrogens with zero attached hydrogens (tertiary/aromatic N) is 1. The molecule has 4 rings (SSSR count). The van der Waals surface area contributed by atoms with Crippen LogP contribution in [0.15, 0.2) is 56.6 Å². The molecule has 0 bridgehead atoms. The van der Waals surface area contributed by atoms with Gasteiger partial charge >= 0.3 is 0 Å². The van der Waals surface area contributed by atoms with E-state index in [4.69, 9.17) is 4.74 Å². The Hall–Kier alpha value is -2.29. The molecule has 1 aromatic carbocycles. The van der Waals surface area contributed by atoms with E-state index in [1.807, 2.05) is 0 Å². The van der Waals surface area contributed by atoms with Gasteiger partial charge in [-0.15, -0.1) is 11.3 Å². The van der Waals surface area contributed by atoms with Crippen molar-refractivity contribution in [3.8, 4) is 0 Å². The van der Waals surface area contributed by atoms with Crippen molar-refractivity contribution in [2.24, 2.45) is 0 Å². The summed E-state index contributed by atoms with van der Waals surface area (Å²) in [7, 11) is -4.10. The third-order valence-corrected chi connectivity index (χ3v) is 7.60. The molecular weight excluding hydrogens is 374 g/mol. The molecule has 2 aromatic rings.